The Morgan fingerprint density at radius 2 is 1.69 bits per heavy atom. The van der Waals surface area contributed by atoms with Crippen LogP contribution in [-0.4, -0.2) is 80.3 Å². The van der Waals surface area contributed by atoms with Gasteiger partial charge in [0.05, 0.1) is 37.5 Å². The zero-order valence-electron chi connectivity index (χ0n) is 27.9. The fourth-order valence-corrected chi connectivity index (χ4v) is 6.03. The number of nitrogens with two attached hydrogens (primary N) is 1. The Hall–Kier alpha value is -3.26. The van der Waals surface area contributed by atoms with E-state index in [0.29, 0.717) is 6.54 Å². The molecule has 0 radical (unpaired) electrons. The average molecular weight is 695 g/mol. The molecule has 0 bridgehead atoms. The molecule has 0 aliphatic heterocycles. The summed E-state index contributed by atoms with van der Waals surface area (Å²) in [6, 6.07) is 8.97. The molecule has 48 heavy (non-hydrogen) atoms. The van der Waals surface area contributed by atoms with Crippen molar-refractivity contribution < 1.29 is 47.9 Å². The number of primary amides is 1. The van der Waals surface area contributed by atoms with Crippen molar-refractivity contribution in [3.8, 4) is 0 Å². The van der Waals surface area contributed by atoms with Crippen LogP contribution in [0.5, 0.6) is 0 Å². The van der Waals surface area contributed by atoms with Gasteiger partial charge in [0.25, 0.3) is 0 Å². The van der Waals surface area contributed by atoms with E-state index in [1.807, 2.05) is 10.6 Å². The summed E-state index contributed by atoms with van der Waals surface area (Å²) in [5.74, 6) is -5.08. The summed E-state index contributed by atoms with van der Waals surface area (Å²) >= 11 is 0. The van der Waals surface area contributed by atoms with Crippen molar-refractivity contribution in [2.45, 2.75) is 96.2 Å². The molecule has 2 amide bonds. The Labute approximate surface area is 282 Å². The largest absolute Gasteiger partial charge is 0.469 e. The molecule has 6 N–H and O–H groups in total. The van der Waals surface area contributed by atoms with Gasteiger partial charge in [0.2, 0.25) is 11.8 Å². The lowest BCUT2D eigenvalue weighted by Crippen LogP contribution is -2.48. The number of ketones is 2. The molecule has 268 valence electrons. The number of unbranched alkanes of at least 4 members (excludes halogenated alkanes) is 5. The van der Waals surface area contributed by atoms with Crippen LogP contribution >= 0.6 is 7.82 Å². The number of aryl methyl sites for hydroxylation is 2. The van der Waals surface area contributed by atoms with Crippen LogP contribution in [0, 0.1) is 11.8 Å². The zero-order valence-corrected chi connectivity index (χ0v) is 28.8. The molecule has 1 aromatic carbocycles. The van der Waals surface area contributed by atoms with Crippen LogP contribution in [0.25, 0.3) is 0 Å². The van der Waals surface area contributed by atoms with Crippen molar-refractivity contribution in [2.24, 2.45) is 17.6 Å². The van der Waals surface area contributed by atoms with Gasteiger partial charge in [0.1, 0.15) is 11.8 Å². The Kier molecular flexibility index (Phi) is 18.5. The molecular weight excluding hydrogens is 643 g/mol. The SMILES string of the molecule is COCCC(=O)C[C@@H](Cc1cncn1CCCCCCCCc1ccccc1)C(=O)N[C@@H](CO)C(=O)C[C@H](C(N)=O)[C@@H](C)OP(=O)(O)O. The van der Waals surface area contributed by atoms with Crippen molar-refractivity contribution in [2.75, 3.05) is 20.3 Å². The molecule has 15 heteroatoms. The summed E-state index contributed by atoms with van der Waals surface area (Å²) in [7, 11) is -3.53. The van der Waals surface area contributed by atoms with Crippen LogP contribution in [-0.2, 0) is 52.4 Å². The number of rotatable bonds is 26. The number of carbonyl (C=O) groups excluding carboxylic acids is 4. The third-order valence-electron chi connectivity index (χ3n) is 8.19. The summed E-state index contributed by atoms with van der Waals surface area (Å²) < 4.78 is 22.7. The van der Waals surface area contributed by atoms with Crippen LogP contribution in [0.2, 0.25) is 0 Å². The van der Waals surface area contributed by atoms with Crippen molar-refractivity contribution >= 4 is 31.2 Å². The van der Waals surface area contributed by atoms with Crippen LogP contribution < -0.4 is 11.1 Å². The number of nitrogens with one attached hydrogen (secondary N) is 1. The van der Waals surface area contributed by atoms with E-state index < -0.39 is 62.4 Å². The van der Waals surface area contributed by atoms with E-state index in [-0.39, 0.29) is 31.7 Å². The number of amides is 2. The molecule has 0 aliphatic carbocycles. The number of imidazole rings is 1. The highest BCUT2D eigenvalue weighted by molar-refractivity contribution is 7.46. The number of ether oxygens (including phenoxy) is 1. The lowest BCUT2D eigenvalue weighted by Gasteiger charge is -2.24. The van der Waals surface area contributed by atoms with Gasteiger partial charge in [-0.2, -0.15) is 0 Å². The number of phosphoric acid groups is 1. The summed E-state index contributed by atoms with van der Waals surface area (Å²) in [5.41, 5.74) is 7.43. The minimum atomic E-state index is -4.99. The van der Waals surface area contributed by atoms with Gasteiger partial charge in [-0.15, -0.1) is 0 Å². The molecule has 0 unspecified atom stereocenters. The van der Waals surface area contributed by atoms with E-state index in [9.17, 15) is 28.8 Å². The van der Waals surface area contributed by atoms with Gasteiger partial charge in [-0.3, -0.25) is 23.7 Å². The second-order valence-corrected chi connectivity index (χ2v) is 13.2. The van der Waals surface area contributed by atoms with Gasteiger partial charge >= 0.3 is 7.82 Å². The minimum Gasteiger partial charge on any atom is -0.394 e. The number of methoxy groups -OCH3 is 1. The third kappa shape index (κ3) is 15.8. The number of aromatic nitrogens is 2. The molecule has 1 aromatic heterocycles. The molecular formula is C33H51N4O10P. The van der Waals surface area contributed by atoms with E-state index in [4.69, 9.17) is 20.3 Å². The number of phosphoric ester groups is 1. The highest BCUT2D eigenvalue weighted by Crippen LogP contribution is 2.39. The van der Waals surface area contributed by atoms with Gasteiger partial charge in [-0.1, -0.05) is 56.0 Å². The molecule has 14 nitrogen and oxygen atoms in total. The monoisotopic (exact) mass is 694 g/mol. The van der Waals surface area contributed by atoms with E-state index >= 15 is 0 Å². The number of benzene rings is 1. The molecule has 0 spiro atoms. The number of Topliss-reactive ketones (excluding diaryl/α,β-unsaturated/α-hetero) is 2. The minimum absolute atomic E-state index is 0.0883. The van der Waals surface area contributed by atoms with Crippen molar-refractivity contribution in [3.63, 3.8) is 0 Å². The second-order valence-electron chi connectivity index (χ2n) is 12.0. The molecule has 4 atom stereocenters. The maximum Gasteiger partial charge on any atom is 0.469 e. The van der Waals surface area contributed by atoms with Crippen LogP contribution in [0.4, 0.5) is 0 Å². The number of hydrogen-bond acceptors (Lipinski definition) is 9. The maximum absolute atomic E-state index is 13.5. The van der Waals surface area contributed by atoms with Crippen LogP contribution in [0.15, 0.2) is 42.9 Å². The van der Waals surface area contributed by atoms with E-state index in [0.717, 1.165) is 44.2 Å². The fraction of sp³-hybridized carbons (Fsp3) is 0.606. The lowest BCUT2D eigenvalue weighted by atomic mass is 9.92. The molecule has 0 fully saturated rings. The highest BCUT2D eigenvalue weighted by Gasteiger charge is 2.34. The molecule has 2 aromatic rings. The first kappa shape index (κ1) is 40.9. The Morgan fingerprint density at radius 1 is 1.02 bits per heavy atom. The van der Waals surface area contributed by atoms with E-state index in [1.165, 1.54) is 26.0 Å². The van der Waals surface area contributed by atoms with Gasteiger partial charge in [-0.05, 0) is 31.7 Å². The summed E-state index contributed by atoms with van der Waals surface area (Å²) in [6.07, 6.45) is 8.94. The Morgan fingerprint density at radius 3 is 2.31 bits per heavy atom. The molecule has 2 rings (SSSR count). The molecule has 0 aliphatic rings. The van der Waals surface area contributed by atoms with E-state index in [1.54, 1.807) is 12.5 Å². The first-order valence-corrected chi connectivity index (χ1v) is 17.9. The van der Waals surface area contributed by atoms with Gasteiger partial charge in [0, 0.05) is 51.2 Å². The first-order chi connectivity index (χ1) is 22.8. The second kappa shape index (κ2) is 21.7. The van der Waals surface area contributed by atoms with Gasteiger partial charge in [-0.25, -0.2) is 9.55 Å². The Balaban J connectivity index is 1.99. The molecule has 0 saturated carbocycles. The number of nitrogens with zero attached hydrogens (tertiary/aromatic N) is 2. The topological polar surface area (TPSA) is 220 Å². The average Bonchev–Trinajstić information content (AvgIpc) is 3.48. The molecule has 1 heterocycles. The molecule has 0 saturated heterocycles. The van der Waals surface area contributed by atoms with E-state index in [2.05, 4.69) is 39.1 Å². The standard InChI is InChI=1S/C33H51N4O10P/c1-24(47-48(43,44)45)29(32(34)41)20-31(40)30(22-38)36-33(42)26(19-28(39)15-17-46-2)18-27-21-35-23-37(27)16-11-6-4-3-5-8-12-25-13-9-7-10-14-25/h7,9-10,13-14,21,23-24,26,29-30,38H,3-6,8,11-12,15-20,22H2,1-2H3,(H2,34,41)(H,36,42)(H2,43,44,45)/t24-,26-,29+,30+/m1/s1. The zero-order chi connectivity index (χ0) is 35.5. The van der Waals surface area contributed by atoms with Gasteiger partial charge in [0.15, 0.2) is 5.78 Å². The van der Waals surface area contributed by atoms with Crippen molar-refractivity contribution in [3.05, 3.63) is 54.1 Å². The number of aliphatic hydroxyl groups excluding tert-OH is 1. The van der Waals surface area contributed by atoms with Crippen LogP contribution in [0.3, 0.4) is 0 Å². The Bertz CT molecular complexity index is 1330. The highest BCUT2D eigenvalue weighted by atomic mass is 31.2. The van der Waals surface area contributed by atoms with Gasteiger partial charge < -0.3 is 35.2 Å². The number of hydrogen-bond donors (Lipinski definition) is 5. The fourth-order valence-electron chi connectivity index (χ4n) is 5.45. The number of aliphatic hydroxyl groups is 1. The summed E-state index contributed by atoms with van der Waals surface area (Å²) in [6.45, 7) is 1.22. The summed E-state index contributed by atoms with van der Waals surface area (Å²) in [4.78, 5) is 73.6. The number of carbonyl (C=O) groups is 4. The quantitative estimate of drug-likeness (QED) is 0.0712. The van der Waals surface area contributed by atoms with Crippen molar-refractivity contribution in [1.29, 1.82) is 0 Å². The lowest BCUT2D eigenvalue weighted by molar-refractivity contribution is -0.135. The first-order valence-electron chi connectivity index (χ1n) is 16.3. The third-order valence-corrected chi connectivity index (χ3v) is 8.79. The smallest absolute Gasteiger partial charge is 0.394 e. The normalized spacial score (nSPS) is 14.2. The van der Waals surface area contributed by atoms with Crippen molar-refractivity contribution in [1.82, 2.24) is 14.9 Å². The maximum atomic E-state index is 13.5. The van der Waals surface area contributed by atoms with Crippen LogP contribution in [0.1, 0.15) is 76.0 Å². The predicted molar refractivity (Wildman–Crippen MR) is 177 cm³/mol. The predicted octanol–water partition coefficient (Wildman–Crippen LogP) is 2.66. The summed E-state index contributed by atoms with van der Waals surface area (Å²) in [5, 5.41) is 12.4.